The fraction of sp³-hybridized carbons (Fsp3) is 0.684. The lowest BCUT2D eigenvalue weighted by atomic mass is 10.1. The number of ether oxygens (including phenoxy) is 2. The van der Waals surface area contributed by atoms with E-state index >= 15 is 0 Å². The van der Waals surface area contributed by atoms with Crippen LogP contribution in [-0.4, -0.2) is 55.7 Å². The van der Waals surface area contributed by atoms with Crippen LogP contribution in [0.1, 0.15) is 61.4 Å². The maximum absolute atomic E-state index is 12.5. The van der Waals surface area contributed by atoms with Crippen molar-refractivity contribution < 1.29 is 19.1 Å². The number of piperidine rings is 1. The van der Waals surface area contributed by atoms with Crippen molar-refractivity contribution in [1.82, 2.24) is 4.90 Å². The highest BCUT2D eigenvalue weighted by Crippen LogP contribution is 2.46. The molecule has 0 bridgehead atoms. The van der Waals surface area contributed by atoms with Gasteiger partial charge in [-0.05, 0) is 56.4 Å². The summed E-state index contributed by atoms with van der Waals surface area (Å²) in [6, 6.07) is 0. The maximum Gasteiger partial charge on any atom is 0.341 e. The van der Waals surface area contributed by atoms with Crippen molar-refractivity contribution in [1.29, 1.82) is 0 Å². The predicted molar refractivity (Wildman–Crippen MR) is 102 cm³/mol. The SMILES string of the molecule is CCOC(=O)c1c(C2CC2)csc1NC(=O)CN1CCC(OCC)CC1. The van der Waals surface area contributed by atoms with Crippen LogP contribution in [0.4, 0.5) is 5.00 Å². The monoisotopic (exact) mass is 380 g/mol. The number of esters is 1. The summed E-state index contributed by atoms with van der Waals surface area (Å²) in [4.78, 5) is 27.0. The van der Waals surface area contributed by atoms with Gasteiger partial charge in [0.2, 0.25) is 5.91 Å². The van der Waals surface area contributed by atoms with Crippen LogP contribution >= 0.6 is 11.3 Å². The summed E-state index contributed by atoms with van der Waals surface area (Å²) < 4.78 is 10.9. The van der Waals surface area contributed by atoms with Gasteiger partial charge in [-0.15, -0.1) is 11.3 Å². The molecule has 1 amide bonds. The van der Waals surface area contributed by atoms with E-state index in [0.29, 0.717) is 35.7 Å². The first-order valence-corrected chi connectivity index (χ1v) is 10.4. The molecule has 0 aromatic carbocycles. The zero-order valence-corrected chi connectivity index (χ0v) is 16.4. The molecular formula is C19H28N2O4S. The predicted octanol–water partition coefficient (Wildman–Crippen LogP) is 3.24. The molecule has 1 aromatic rings. The minimum absolute atomic E-state index is 0.0744. The Hall–Kier alpha value is -1.44. The Kier molecular flexibility index (Phi) is 6.67. The molecule has 144 valence electrons. The third kappa shape index (κ3) is 4.84. The molecule has 0 spiro atoms. The summed E-state index contributed by atoms with van der Waals surface area (Å²) in [6.07, 6.45) is 4.43. The molecule has 1 aliphatic carbocycles. The molecule has 0 unspecified atom stereocenters. The van der Waals surface area contributed by atoms with Crippen LogP contribution in [-0.2, 0) is 14.3 Å². The smallest absolute Gasteiger partial charge is 0.341 e. The lowest BCUT2D eigenvalue weighted by Crippen LogP contribution is -2.41. The van der Waals surface area contributed by atoms with Crippen molar-refractivity contribution in [2.24, 2.45) is 0 Å². The van der Waals surface area contributed by atoms with Gasteiger partial charge in [-0.1, -0.05) is 0 Å². The van der Waals surface area contributed by atoms with Crippen molar-refractivity contribution in [3.8, 4) is 0 Å². The molecule has 2 fully saturated rings. The number of amides is 1. The van der Waals surface area contributed by atoms with Crippen molar-refractivity contribution in [2.75, 3.05) is 38.2 Å². The Morgan fingerprint density at radius 3 is 2.54 bits per heavy atom. The van der Waals surface area contributed by atoms with E-state index in [1.54, 1.807) is 6.92 Å². The van der Waals surface area contributed by atoms with Crippen LogP contribution < -0.4 is 5.32 Å². The Balaban J connectivity index is 1.58. The van der Waals surface area contributed by atoms with Crippen molar-refractivity contribution in [2.45, 2.75) is 51.6 Å². The minimum atomic E-state index is -0.330. The summed E-state index contributed by atoms with van der Waals surface area (Å²) in [5.41, 5.74) is 1.59. The van der Waals surface area contributed by atoms with Gasteiger partial charge >= 0.3 is 5.97 Å². The van der Waals surface area contributed by atoms with Gasteiger partial charge in [-0.2, -0.15) is 0 Å². The van der Waals surface area contributed by atoms with Crippen molar-refractivity contribution in [3.63, 3.8) is 0 Å². The molecule has 0 atom stereocenters. The Morgan fingerprint density at radius 1 is 1.19 bits per heavy atom. The second-order valence-corrected chi connectivity index (χ2v) is 7.75. The van der Waals surface area contributed by atoms with Crippen LogP contribution in [0.25, 0.3) is 0 Å². The fourth-order valence-electron chi connectivity index (χ4n) is 3.41. The molecule has 1 aromatic heterocycles. The largest absolute Gasteiger partial charge is 0.462 e. The Labute approximate surface area is 158 Å². The molecule has 2 aliphatic rings. The first-order valence-electron chi connectivity index (χ1n) is 9.54. The van der Waals surface area contributed by atoms with E-state index in [1.165, 1.54) is 11.3 Å². The molecule has 1 saturated carbocycles. The highest BCUT2D eigenvalue weighted by molar-refractivity contribution is 7.15. The number of carbonyl (C=O) groups is 2. The third-order valence-corrected chi connectivity index (χ3v) is 5.79. The lowest BCUT2D eigenvalue weighted by molar-refractivity contribution is -0.118. The quantitative estimate of drug-likeness (QED) is 0.701. The zero-order valence-electron chi connectivity index (χ0n) is 15.6. The van der Waals surface area contributed by atoms with Gasteiger partial charge in [-0.25, -0.2) is 4.79 Å². The standard InChI is InChI=1S/C19H28N2O4S/c1-3-24-14-7-9-21(10-8-14)11-16(22)20-18-17(19(23)25-4-2)15(12-26-18)13-5-6-13/h12-14H,3-11H2,1-2H3,(H,20,22). The van der Waals surface area contributed by atoms with E-state index in [9.17, 15) is 9.59 Å². The summed E-state index contributed by atoms with van der Waals surface area (Å²) in [7, 11) is 0. The van der Waals surface area contributed by atoms with Gasteiger partial charge in [0, 0.05) is 19.7 Å². The second-order valence-electron chi connectivity index (χ2n) is 6.87. The van der Waals surface area contributed by atoms with E-state index in [1.807, 2.05) is 12.3 Å². The number of rotatable bonds is 8. The average Bonchev–Trinajstić information content (AvgIpc) is 3.38. The zero-order chi connectivity index (χ0) is 18.5. The number of nitrogens with one attached hydrogen (secondary N) is 1. The van der Waals surface area contributed by atoms with E-state index in [-0.39, 0.29) is 11.9 Å². The van der Waals surface area contributed by atoms with Gasteiger partial charge < -0.3 is 14.8 Å². The molecular weight excluding hydrogens is 352 g/mol. The number of likely N-dealkylation sites (tertiary alicyclic amines) is 1. The number of hydrogen-bond donors (Lipinski definition) is 1. The van der Waals surface area contributed by atoms with Crippen LogP contribution in [0, 0.1) is 0 Å². The summed E-state index contributed by atoms with van der Waals surface area (Å²) >= 11 is 1.42. The van der Waals surface area contributed by atoms with Gasteiger partial charge in [-0.3, -0.25) is 9.69 Å². The Morgan fingerprint density at radius 2 is 1.92 bits per heavy atom. The number of hydrogen-bond acceptors (Lipinski definition) is 6. The van der Waals surface area contributed by atoms with Gasteiger partial charge in [0.05, 0.1) is 24.8 Å². The highest BCUT2D eigenvalue weighted by atomic mass is 32.1. The molecule has 6 nitrogen and oxygen atoms in total. The average molecular weight is 381 g/mol. The van der Waals surface area contributed by atoms with E-state index in [0.717, 1.165) is 50.9 Å². The van der Waals surface area contributed by atoms with E-state index in [4.69, 9.17) is 9.47 Å². The molecule has 0 radical (unpaired) electrons. The highest BCUT2D eigenvalue weighted by Gasteiger charge is 2.32. The van der Waals surface area contributed by atoms with Crippen LogP contribution in [0.15, 0.2) is 5.38 Å². The molecule has 1 N–H and O–H groups in total. The third-order valence-electron chi connectivity index (χ3n) is 4.87. The van der Waals surface area contributed by atoms with E-state index < -0.39 is 0 Å². The maximum atomic E-state index is 12.5. The second kappa shape index (κ2) is 8.97. The van der Waals surface area contributed by atoms with Crippen LogP contribution in [0.2, 0.25) is 0 Å². The van der Waals surface area contributed by atoms with Gasteiger partial charge in [0.1, 0.15) is 5.00 Å². The number of anilines is 1. The molecule has 26 heavy (non-hydrogen) atoms. The molecule has 1 saturated heterocycles. The molecule has 1 aliphatic heterocycles. The number of carbonyl (C=O) groups excluding carboxylic acids is 2. The number of nitrogens with zero attached hydrogens (tertiary/aromatic N) is 1. The van der Waals surface area contributed by atoms with Crippen LogP contribution in [0.5, 0.6) is 0 Å². The first-order chi connectivity index (χ1) is 12.6. The van der Waals surface area contributed by atoms with Gasteiger partial charge in [0.25, 0.3) is 0 Å². The fourth-order valence-corrected chi connectivity index (χ4v) is 4.46. The van der Waals surface area contributed by atoms with Gasteiger partial charge in [0.15, 0.2) is 0 Å². The molecule has 2 heterocycles. The number of thiophene rings is 1. The minimum Gasteiger partial charge on any atom is -0.462 e. The topological polar surface area (TPSA) is 67.9 Å². The summed E-state index contributed by atoms with van der Waals surface area (Å²) in [6.45, 7) is 6.95. The normalized spacial score (nSPS) is 18.7. The van der Waals surface area contributed by atoms with Crippen LogP contribution in [0.3, 0.4) is 0 Å². The van der Waals surface area contributed by atoms with E-state index in [2.05, 4.69) is 10.2 Å². The molecule has 7 heteroatoms. The first kappa shape index (κ1) is 19.3. The van der Waals surface area contributed by atoms with Crippen molar-refractivity contribution >= 4 is 28.2 Å². The Bertz CT molecular complexity index is 633. The summed E-state index contributed by atoms with van der Waals surface area (Å²) in [5, 5.41) is 5.56. The summed E-state index contributed by atoms with van der Waals surface area (Å²) in [5.74, 6) is 0.0342. The van der Waals surface area contributed by atoms with Crippen molar-refractivity contribution in [3.05, 3.63) is 16.5 Å². The lowest BCUT2D eigenvalue weighted by Gasteiger charge is -2.31. The molecule has 3 rings (SSSR count).